The number of imidazole rings is 1. The maximum absolute atomic E-state index is 12.5. The van der Waals surface area contributed by atoms with Crippen molar-refractivity contribution >= 4 is 11.8 Å². The van der Waals surface area contributed by atoms with Gasteiger partial charge in [0.05, 0.1) is 25.7 Å². The topological polar surface area (TPSA) is 109 Å². The number of rotatable bonds is 7. The fraction of sp³-hybridized carbons (Fsp3) is 0.158. The number of methoxy groups -OCH3 is 1. The number of H-pyrrole nitrogens is 1. The van der Waals surface area contributed by atoms with Gasteiger partial charge >= 0.3 is 0 Å². The summed E-state index contributed by atoms with van der Waals surface area (Å²) in [6, 6.07) is 12.8. The van der Waals surface area contributed by atoms with E-state index in [9.17, 15) is 9.59 Å². The average molecular weight is 365 g/mol. The van der Waals surface area contributed by atoms with Crippen molar-refractivity contribution in [1.82, 2.24) is 25.6 Å². The Morgan fingerprint density at radius 3 is 2.56 bits per heavy atom. The lowest BCUT2D eigenvalue weighted by atomic mass is 10.2. The van der Waals surface area contributed by atoms with Crippen LogP contribution in [0.5, 0.6) is 5.75 Å². The minimum atomic E-state index is -0.454. The number of aromatic nitrogens is 3. The molecule has 0 saturated heterocycles. The van der Waals surface area contributed by atoms with E-state index in [1.54, 1.807) is 25.4 Å². The summed E-state index contributed by atoms with van der Waals surface area (Å²) in [5.41, 5.74) is 1.67. The average Bonchev–Trinajstić information content (AvgIpc) is 3.21. The fourth-order valence-corrected chi connectivity index (χ4v) is 2.51. The molecule has 0 radical (unpaired) electrons. The van der Waals surface area contributed by atoms with Gasteiger partial charge < -0.3 is 20.4 Å². The molecular weight excluding hydrogens is 346 g/mol. The first-order chi connectivity index (χ1) is 13.2. The molecule has 8 nitrogen and oxygen atoms in total. The third-order valence-electron chi connectivity index (χ3n) is 3.87. The molecule has 138 valence electrons. The number of carbonyl (C=O) groups is 2. The molecule has 0 atom stereocenters. The molecule has 3 N–H and O–H groups in total. The minimum Gasteiger partial charge on any atom is -0.496 e. The van der Waals surface area contributed by atoms with Crippen LogP contribution in [0, 0.1) is 0 Å². The van der Waals surface area contributed by atoms with Gasteiger partial charge in [-0.25, -0.2) is 4.98 Å². The van der Waals surface area contributed by atoms with Crippen LogP contribution in [0.25, 0.3) is 0 Å². The maximum atomic E-state index is 12.5. The number of nitrogens with one attached hydrogen (secondary N) is 3. The third-order valence-corrected chi connectivity index (χ3v) is 3.87. The Kier molecular flexibility index (Phi) is 5.78. The van der Waals surface area contributed by atoms with Crippen molar-refractivity contribution in [1.29, 1.82) is 0 Å². The normalized spacial score (nSPS) is 10.3. The lowest BCUT2D eigenvalue weighted by Gasteiger charge is -2.09. The van der Waals surface area contributed by atoms with Crippen LogP contribution >= 0.6 is 0 Å². The fourth-order valence-electron chi connectivity index (χ4n) is 2.51. The lowest BCUT2D eigenvalue weighted by Crippen LogP contribution is -2.29. The highest BCUT2D eigenvalue weighted by Crippen LogP contribution is 2.17. The highest BCUT2D eigenvalue weighted by molar-refractivity contribution is 6.04. The number of pyridine rings is 1. The highest BCUT2D eigenvalue weighted by atomic mass is 16.5. The Bertz CT molecular complexity index is 924. The molecule has 0 saturated carbocycles. The van der Waals surface area contributed by atoms with Gasteiger partial charge in [0.1, 0.15) is 11.4 Å². The second-order valence-corrected chi connectivity index (χ2v) is 5.62. The van der Waals surface area contributed by atoms with Gasteiger partial charge in [0.25, 0.3) is 11.8 Å². The number of benzene rings is 1. The van der Waals surface area contributed by atoms with Crippen LogP contribution in [0.1, 0.15) is 32.2 Å². The molecule has 1 aromatic carbocycles. The van der Waals surface area contributed by atoms with Crippen LogP contribution < -0.4 is 15.4 Å². The summed E-state index contributed by atoms with van der Waals surface area (Å²) in [7, 11) is 1.57. The van der Waals surface area contributed by atoms with E-state index in [0.29, 0.717) is 11.4 Å². The van der Waals surface area contributed by atoms with Gasteiger partial charge in [-0.2, -0.15) is 0 Å². The number of hydrogen-bond acceptors (Lipinski definition) is 5. The van der Waals surface area contributed by atoms with Crippen LogP contribution in [0.15, 0.2) is 55.0 Å². The van der Waals surface area contributed by atoms with E-state index in [-0.39, 0.29) is 24.5 Å². The Balaban J connectivity index is 1.63. The smallest absolute Gasteiger partial charge is 0.272 e. The van der Waals surface area contributed by atoms with Crippen molar-refractivity contribution in [2.75, 3.05) is 7.11 Å². The van der Waals surface area contributed by atoms with Gasteiger partial charge in [-0.3, -0.25) is 14.6 Å². The van der Waals surface area contributed by atoms with E-state index in [4.69, 9.17) is 4.74 Å². The Morgan fingerprint density at radius 1 is 1.00 bits per heavy atom. The van der Waals surface area contributed by atoms with E-state index >= 15 is 0 Å². The molecule has 2 aromatic heterocycles. The summed E-state index contributed by atoms with van der Waals surface area (Å²) in [6.07, 6.45) is 2.96. The van der Waals surface area contributed by atoms with Crippen LogP contribution in [-0.2, 0) is 13.1 Å². The van der Waals surface area contributed by atoms with Gasteiger partial charge in [-0.05, 0) is 18.2 Å². The summed E-state index contributed by atoms with van der Waals surface area (Å²) in [6.45, 7) is 0.506. The van der Waals surface area contributed by atoms with Gasteiger partial charge in [0.2, 0.25) is 0 Å². The Morgan fingerprint density at radius 2 is 1.78 bits per heavy atom. The van der Waals surface area contributed by atoms with Crippen molar-refractivity contribution in [3.63, 3.8) is 0 Å². The molecule has 0 aliphatic rings. The number of nitrogens with zero attached hydrogens (tertiary/aromatic N) is 2. The maximum Gasteiger partial charge on any atom is 0.272 e. The molecule has 2 amide bonds. The molecule has 0 spiro atoms. The van der Waals surface area contributed by atoms with E-state index < -0.39 is 11.8 Å². The van der Waals surface area contributed by atoms with Crippen molar-refractivity contribution in [3.05, 3.63) is 77.6 Å². The molecule has 3 aromatic rings. The van der Waals surface area contributed by atoms with E-state index in [0.717, 1.165) is 5.56 Å². The summed E-state index contributed by atoms with van der Waals surface area (Å²) in [4.78, 5) is 35.6. The standard InChI is InChI=1S/C19H19N5O3/c1-27-15-8-3-2-6-13(15)10-21-18(25)16-17(24-12-23-16)19(26)22-11-14-7-4-5-9-20-14/h2-9,12H,10-11H2,1H3,(H,21,25)(H,22,26)(H,23,24). The van der Waals surface area contributed by atoms with E-state index in [1.165, 1.54) is 6.33 Å². The first-order valence-electron chi connectivity index (χ1n) is 8.30. The molecular formula is C19H19N5O3. The summed E-state index contributed by atoms with van der Waals surface area (Å²) in [5, 5.41) is 5.47. The Hall–Kier alpha value is -3.68. The molecule has 3 rings (SSSR count). The number of para-hydroxylation sites is 1. The van der Waals surface area contributed by atoms with Gasteiger partial charge in [-0.15, -0.1) is 0 Å². The molecule has 8 heteroatoms. The van der Waals surface area contributed by atoms with Gasteiger partial charge in [0, 0.05) is 18.3 Å². The first-order valence-corrected chi connectivity index (χ1v) is 8.30. The van der Waals surface area contributed by atoms with Crippen molar-refractivity contribution in [2.24, 2.45) is 0 Å². The van der Waals surface area contributed by atoms with Crippen LogP contribution in [0.4, 0.5) is 0 Å². The summed E-state index contributed by atoms with van der Waals surface area (Å²) in [5.74, 6) is -0.207. The number of hydrogen-bond donors (Lipinski definition) is 3. The van der Waals surface area contributed by atoms with E-state index in [2.05, 4.69) is 25.6 Å². The zero-order chi connectivity index (χ0) is 19.1. The zero-order valence-corrected chi connectivity index (χ0v) is 14.7. The molecule has 0 aliphatic heterocycles. The van der Waals surface area contributed by atoms with Gasteiger partial charge in [-0.1, -0.05) is 24.3 Å². The molecule has 0 unspecified atom stereocenters. The number of aromatic amines is 1. The lowest BCUT2D eigenvalue weighted by molar-refractivity contribution is 0.0911. The monoisotopic (exact) mass is 365 g/mol. The van der Waals surface area contributed by atoms with Crippen molar-refractivity contribution < 1.29 is 14.3 Å². The first kappa shape index (κ1) is 18.1. The SMILES string of the molecule is COc1ccccc1CNC(=O)c1[nH]cnc1C(=O)NCc1ccccn1. The van der Waals surface area contributed by atoms with Crippen molar-refractivity contribution in [2.45, 2.75) is 13.1 Å². The second-order valence-electron chi connectivity index (χ2n) is 5.62. The largest absolute Gasteiger partial charge is 0.496 e. The zero-order valence-electron chi connectivity index (χ0n) is 14.7. The predicted molar refractivity (Wildman–Crippen MR) is 98.2 cm³/mol. The number of ether oxygens (including phenoxy) is 1. The van der Waals surface area contributed by atoms with Crippen LogP contribution in [0.2, 0.25) is 0 Å². The molecule has 0 bridgehead atoms. The predicted octanol–water partition coefficient (Wildman–Crippen LogP) is 1.67. The Labute approximate surface area is 156 Å². The van der Waals surface area contributed by atoms with E-state index in [1.807, 2.05) is 30.3 Å². The highest BCUT2D eigenvalue weighted by Gasteiger charge is 2.20. The minimum absolute atomic E-state index is 0.0310. The second kappa shape index (κ2) is 8.61. The molecule has 27 heavy (non-hydrogen) atoms. The van der Waals surface area contributed by atoms with Gasteiger partial charge in [0.15, 0.2) is 5.69 Å². The summed E-state index contributed by atoms with van der Waals surface area (Å²) >= 11 is 0. The quantitative estimate of drug-likeness (QED) is 0.590. The number of amides is 2. The van der Waals surface area contributed by atoms with Crippen molar-refractivity contribution in [3.8, 4) is 5.75 Å². The molecule has 0 aliphatic carbocycles. The summed E-state index contributed by atoms with van der Waals surface area (Å²) < 4.78 is 5.26. The number of carbonyl (C=O) groups excluding carboxylic acids is 2. The molecule has 2 heterocycles. The van der Waals surface area contributed by atoms with Crippen LogP contribution in [-0.4, -0.2) is 33.9 Å². The third kappa shape index (κ3) is 4.49. The van der Waals surface area contributed by atoms with Crippen LogP contribution in [0.3, 0.4) is 0 Å². The molecule has 0 fully saturated rings.